The number of ether oxygens (including phenoxy) is 1. The molecule has 2 atom stereocenters. The zero-order valence-corrected chi connectivity index (χ0v) is 10.7. The molecule has 4 heteroatoms. The summed E-state index contributed by atoms with van der Waals surface area (Å²) in [5.74, 6) is 0. The topological polar surface area (TPSA) is 41.5 Å². The summed E-state index contributed by atoms with van der Waals surface area (Å²) in [7, 11) is 0. The summed E-state index contributed by atoms with van der Waals surface area (Å²) in [6.07, 6.45) is 0.690. The Balaban J connectivity index is 1.93. The molecule has 2 rings (SSSR count). The van der Waals surface area contributed by atoms with Gasteiger partial charge >= 0.3 is 0 Å². The maximum atomic E-state index is 10.1. The van der Waals surface area contributed by atoms with E-state index in [1.54, 1.807) is 0 Å². The molecule has 1 heterocycles. The number of benzene rings is 1. The van der Waals surface area contributed by atoms with Crippen molar-refractivity contribution in [3.05, 3.63) is 34.9 Å². The fourth-order valence-electron chi connectivity index (χ4n) is 2.02. The van der Waals surface area contributed by atoms with Crippen molar-refractivity contribution in [1.82, 2.24) is 5.32 Å². The Hall–Kier alpha value is -0.610. The van der Waals surface area contributed by atoms with Crippen LogP contribution in [0, 0.1) is 0 Å². The SMILES string of the molecule is CC(NCC1(O)CCOC1)c1ccccc1Cl. The van der Waals surface area contributed by atoms with Crippen molar-refractivity contribution < 1.29 is 9.84 Å². The summed E-state index contributed by atoms with van der Waals surface area (Å²) in [5, 5.41) is 14.2. The van der Waals surface area contributed by atoms with E-state index in [-0.39, 0.29) is 6.04 Å². The average molecular weight is 256 g/mol. The molecular formula is C13H18ClNO2. The van der Waals surface area contributed by atoms with Gasteiger partial charge in [0.25, 0.3) is 0 Å². The van der Waals surface area contributed by atoms with Crippen LogP contribution in [0.15, 0.2) is 24.3 Å². The van der Waals surface area contributed by atoms with Crippen molar-refractivity contribution in [1.29, 1.82) is 0 Å². The van der Waals surface area contributed by atoms with Gasteiger partial charge in [-0.25, -0.2) is 0 Å². The highest BCUT2D eigenvalue weighted by atomic mass is 35.5. The van der Waals surface area contributed by atoms with Crippen LogP contribution in [0.3, 0.4) is 0 Å². The summed E-state index contributed by atoms with van der Waals surface area (Å²) in [5.41, 5.74) is 0.326. The number of hydrogen-bond acceptors (Lipinski definition) is 3. The maximum Gasteiger partial charge on any atom is 0.103 e. The third-order valence-electron chi connectivity index (χ3n) is 3.19. The molecule has 94 valence electrons. The molecule has 0 saturated carbocycles. The summed E-state index contributed by atoms with van der Waals surface area (Å²) >= 11 is 6.12. The van der Waals surface area contributed by atoms with Gasteiger partial charge in [-0.05, 0) is 18.6 Å². The second-order valence-corrected chi connectivity index (χ2v) is 5.06. The van der Waals surface area contributed by atoms with Crippen LogP contribution < -0.4 is 5.32 Å². The van der Waals surface area contributed by atoms with Gasteiger partial charge in [0, 0.05) is 30.6 Å². The molecule has 0 aromatic heterocycles. The molecule has 1 fully saturated rings. The molecule has 0 amide bonds. The quantitative estimate of drug-likeness (QED) is 0.866. The van der Waals surface area contributed by atoms with Crippen LogP contribution in [0.4, 0.5) is 0 Å². The Labute approximate surface area is 107 Å². The van der Waals surface area contributed by atoms with Crippen LogP contribution in [0.2, 0.25) is 5.02 Å². The van der Waals surface area contributed by atoms with Crippen molar-refractivity contribution >= 4 is 11.6 Å². The van der Waals surface area contributed by atoms with Crippen LogP contribution in [-0.4, -0.2) is 30.5 Å². The van der Waals surface area contributed by atoms with Crippen molar-refractivity contribution in [3.8, 4) is 0 Å². The monoisotopic (exact) mass is 255 g/mol. The van der Waals surface area contributed by atoms with Crippen LogP contribution in [0.25, 0.3) is 0 Å². The van der Waals surface area contributed by atoms with Crippen LogP contribution in [-0.2, 0) is 4.74 Å². The first kappa shape index (κ1) is 12.8. The predicted molar refractivity (Wildman–Crippen MR) is 68.3 cm³/mol. The Morgan fingerprint density at radius 2 is 2.29 bits per heavy atom. The first-order chi connectivity index (χ1) is 8.11. The lowest BCUT2D eigenvalue weighted by atomic mass is 10.0. The summed E-state index contributed by atoms with van der Waals surface area (Å²) in [6.45, 7) is 3.62. The van der Waals surface area contributed by atoms with Gasteiger partial charge in [-0.2, -0.15) is 0 Å². The van der Waals surface area contributed by atoms with Crippen LogP contribution >= 0.6 is 11.6 Å². The molecule has 0 aliphatic carbocycles. The number of halogens is 1. The number of rotatable bonds is 4. The van der Waals surface area contributed by atoms with Gasteiger partial charge < -0.3 is 15.2 Å². The molecular weight excluding hydrogens is 238 g/mol. The number of aliphatic hydroxyl groups is 1. The molecule has 1 aromatic carbocycles. The molecule has 0 spiro atoms. The predicted octanol–water partition coefficient (Wildman–Crippen LogP) is 2.14. The fourth-order valence-corrected chi connectivity index (χ4v) is 2.31. The van der Waals surface area contributed by atoms with E-state index < -0.39 is 5.60 Å². The third kappa shape index (κ3) is 3.19. The molecule has 1 aliphatic rings. The molecule has 0 bridgehead atoms. The zero-order chi connectivity index (χ0) is 12.3. The smallest absolute Gasteiger partial charge is 0.103 e. The normalized spacial score (nSPS) is 26.1. The Bertz CT molecular complexity index is 377. The minimum absolute atomic E-state index is 0.119. The minimum Gasteiger partial charge on any atom is -0.386 e. The summed E-state index contributed by atoms with van der Waals surface area (Å²) < 4.78 is 5.21. The van der Waals surface area contributed by atoms with E-state index >= 15 is 0 Å². The van der Waals surface area contributed by atoms with Gasteiger partial charge in [-0.1, -0.05) is 29.8 Å². The van der Waals surface area contributed by atoms with E-state index in [1.807, 2.05) is 31.2 Å². The maximum absolute atomic E-state index is 10.1. The van der Waals surface area contributed by atoms with E-state index in [2.05, 4.69) is 5.32 Å². The molecule has 17 heavy (non-hydrogen) atoms. The standard InChI is InChI=1S/C13H18ClNO2/c1-10(11-4-2-3-5-12(11)14)15-8-13(16)6-7-17-9-13/h2-5,10,15-16H,6-9H2,1H3. The Morgan fingerprint density at radius 3 is 2.94 bits per heavy atom. The van der Waals surface area contributed by atoms with Crippen LogP contribution in [0.1, 0.15) is 24.9 Å². The van der Waals surface area contributed by atoms with E-state index in [0.29, 0.717) is 26.2 Å². The van der Waals surface area contributed by atoms with Gasteiger partial charge in [-0.15, -0.1) is 0 Å². The number of nitrogens with one attached hydrogen (secondary N) is 1. The van der Waals surface area contributed by atoms with Gasteiger partial charge in [0.15, 0.2) is 0 Å². The molecule has 3 nitrogen and oxygen atoms in total. The second-order valence-electron chi connectivity index (χ2n) is 4.65. The highest BCUT2D eigenvalue weighted by molar-refractivity contribution is 6.31. The van der Waals surface area contributed by atoms with Crippen molar-refractivity contribution in [2.45, 2.75) is 25.0 Å². The molecule has 0 radical (unpaired) electrons. The summed E-state index contributed by atoms with van der Waals surface area (Å²) in [4.78, 5) is 0. The first-order valence-corrected chi connectivity index (χ1v) is 6.26. The lowest BCUT2D eigenvalue weighted by Crippen LogP contribution is -2.41. The highest BCUT2D eigenvalue weighted by Gasteiger charge is 2.32. The molecule has 2 unspecified atom stereocenters. The van der Waals surface area contributed by atoms with Crippen molar-refractivity contribution in [3.63, 3.8) is 0 Å². The third-order valence-corrected chi connectivity index (χ3v) is 3.54. The van der Waals surface area contributed by atoms with E-state index in [9.17, 15) is 5.11 Å². The molecule has 1 saturated heterocycles. The van der Waals surface area contributed by atoms with Gasteiger partial charge in [0.2, 0.25) is 0 Å². The molecule has 1 aliphatic heterocycles. The van der Waals surface area contributed by atoms with Crippen molar-refractivity contribution in [2.24, 2.45) is 0 Å². The van der Waals surface area contributed by atoms with Crippen molar-refractivity contribution in [2.75, 3.05) is 19.8 Å². The van der Waals surface area contributed by atoms with Gasteiger partial charge in [-0.3, -0.25) is 0 Å². The average Bonchev–Trinajstić information content (AvgIpc) is 2.74. The Morgan fingerprint density at radius 1 is 1.53 bits per heavy atom. The second kappa shape index (κ2) is 5.36. The van der Waals surface area contributed by atoms with E-state index in [1.165, 1.54) is 0 Å². The summed E-state index contributed by atoms with van der Waals surface area (Å²) in [6, 6.07) is 7.87. The Kier molecular flexibility index (Phi) is 4.05. The van der Waals surface area contributed by atoms with Gasteiger partial charge in [0.05, 0.1) is 6.61 Å². The minimum atomic E-state index is -0.727. The lowest BCUT2D eigenvalue weighted by Gasteiger charge is -2.24. The number of hydrogen-bond donors (Lipinski definition) is 2. The molecule has 1 aromatic rings. The highest BCUT2D eigenvalue weighted by Crippen LogP contribution is 2.23. The fraction of sp³-hybridized carbons (Fsp3) is 0.538. The largest absolute Gasteiger partial charge is 0.386 e. The first-order valence-electron chi connectivity index (χ1n) is 5.89. The van der Waals surface area contributed by atoms with Gasteiger partial charge in [0.1, 0.15) is 5.60 Å². The zero-order valence-electron chi connectivity index (χ0n) is 9.95. The lowest BCUT2D eigenvalue weighted by molar-refractivity contribution is 0.0252. The van der Waals surface area contributed by atoms with Crippen LogP contribution in [0.5, 0.6) is 0 Å². The van der Waals surface area contributed by atoms with E-state index in [4.69, 9.17) is 16.3 Å². The van der Waals surface area contributed by atoms with E-state index in [0.717, 1.165) is 10.6 Å². The molecule has 2 N–H and O–H groups in total.